The van der Waals surface area contributed by atoms with Crippen LogP contribution in [0.5, 0.6) is 11.5 Å². The lowest BCUT2D eigenvalue weighted by molar-refractivity contribution is 0.0341. The van der Waals surface area contributed by atoms with Gasteiger partial charge in [0.2, 0.25) is 0 Å². The Morgan fingerprint density at radius 3 is 2.58 bits per heavy atom. The molecule has 1 amide bonds. The average molecular weight is 564 g/mol. The second-order valence-electron chi connectivity index (χ2n) is 9.66. The van der Waals surface area contributed by atoms with Gasteiger partial charge >= 0.3 is 0 Å². The normalized spacial score (nSPS) is 13.7. The fourth-order valence-corrected chi connectivity index (χ4v) is 4.35. The zero-order valence-corrected chi connectivity index (χ0v) is 23.9. The van der Waals surface area contributed by atoms with Crippen molar-refractivity contribution in [1.82, 2.24) is 14.7 Å². The van der Waals surface area contributed by atoms with E-state index in [1.54, 1.807) is 17.9 Å². The van der Waals surface area contributed by atoms with E-state index in [2.05, 4.69) is 29.2 Å². The summed E-state index contributed by atoms with van der Waals surface area (Å²) in [6.45, 7) is 11.3. The maximum atomic E-state index is 13.1. The standard InChI is InChI=1S/C28H35ClN4O4.ClH/c1-19(2)18-37-26-8-6-23(29)15-22(26)17-33-20(3)13-25(31-33)28(34)30-24-7-5-21(14-27(24)35-4)16-32-9-11-36-12-10-32;/h5-8,13-15,19H,9-12,16-18H2,1-4H3,(H,30,34);1H. The fourth-order valence-electron chi connectivity index (χ4n) is 4.15. The number of aromatic nitrogens is 2. The van der Waals surface area contributed by atoms with Crippen LogP contribution in [0.1, 0.15) is 41.2 Å². The van der Waals surface area contributed by atoms with E-state index >= 15 is 0 Å². The van der Waals surface area contributed by atoms with E-state index in [0.29, 0.717) is 41.2 Å². The number of morpholine rings is 1. The maximum Gasteiger partial charge on any atom is 0.276 e. The predicted molar refractivity (Wildman–Crippen MR) is 152 cm³/mol. The Kier molecular flexibility index (Phi) is 10.8. The first-order chi connectivity index (χ1) is 17.8. The molecule has 1 N–H and O–H groups in total. The molecule has 38 heavy (non-hydrogen) atoms. The molecule has 0 bridgehead atoms. The number of anilines is 1. The number of nitrogens with zero attached hydrogens (tertiary/aromatic N) is 3. The Labute approximate surface area is 235 Å². The molecule has 1 aromatic heterocycles. The highest BCUT2D eigenvalue weighted by Crippen LogP contribution is 2.28. The highest BCUT2D eigenvalue weighted by molar-refractivity contribution is 6.30. The Morgan fingerprint density at radius 2 is 1.87 bits per heavy atom. The van der Waals surface area contributed by atoms with Crippen molar-refractivity contribution in [2.45, 2.75) is 33.9 Å². The van der Waals surface area contributed by atoms with Crippen LogP contribution in [-0.2, 0) is 17.8 Å². The molecule has 3 aromatic rings. The largest absolute Gasteiger partial charge is 0.495 e. The van der Waals surface area contributed by atoms with Crippen LogP contribution >= 0.6 is 24.0 Å². The molecular formula is C28H36Cl2N4O4. The van der Waals surface area contributed by atoms with E-state index < -0.39 is 0 Å². The van der Waals surface area contributed by atoms with Crippen LogP contribution < -0.4 is 14.8 Å². The number of benzene rings is 2. The number of aryl methyl sites for hydroxylation is 1. The molecule has 0 spiro atoms. The van der Waals surface area contributed by atoms with Crippen molar-refractivity contribution >= 4 is 35.6 Å². The molecule has 0 aliphatic carbocycles. The molecular weight excluding hydrogens is 527 g/mol. The number of halogens is 2. The number of hydrogen-bond donors (Lipinski definition) is 1. The summed E-state index contributed by atoms with van der Waals surface area (Å²) in [4.78, 5) is 15.4. The van der Waals surface area contributed by atoms with Gasteiger partial charge in [-0.25, -0.2) is 0 Å². The van der Waals surface area contributed by atoms with Crippen molar-refractivity contribution in [3.63, 3.8) is 0 Å². The summed E-state index contributed by atoms with van der Waals surface area (Å²) < 4.78 is 18.8. The van der Waals surface area contributed by atoms with E-state index in [9.17, 15) is 4.79 Å². The Hall–Kier alpha value is -2.78. The van der Waals surface area contributed by atoms with E-state index in [1.807, 2.05) is 43.3 Å². The molecule has 0 atom stereocenters. The summed E-state index contributed by atoms with van der Waals surface area (Å²) in [5.41, 5.74) is 3.80. The number of hydrogen-bond acceptors (Lipinski definition) is 6. The lowest BCUT2D eigenvalue weighted by Gasteiger charge is -2.26. The molecule has 1 saturated heterocycles. The zero-order valence-electron chi connectivity index (χ0n) is 22.3. The van der Waals surface area contributed by atoms with Crippen LogP contribution in [0.2, 0.25) is 5.02 Å². The molecule has 1 fully saturated rings. The molecule has 4 rings (SSSR count). The van der Waals surface area contributed by atoms with Crippen LogP contribution in [0.3, 0.4) is 0 Å². The highest BCUT2D eigenvalue weighted by atomic mass is 35.5. The van der Waals surface area contributed by atoms with Crippen molar-refractivity contribution in [2.24, 2.45) is 5.92 Å². The van der Waals surface area contributed by atoms with Gasteiger partial charge in [0.15, 0.2) is 5.69 Å². The number of ether oxygens (including phenoxy) is 3. The second kappa shape index (κ2) is 13.8. The summed E-state index contributed by atoms with van der Waals surface area (Å²) in [6.07, 6.45) is 0. The van der Waals surface area contributed by atoms with Gasteiger partial charge in [-0.05, 0) is 54.8 Å². The van der Waals surface area contributed by atoms with Gasteiger partial charge in [0.1, 0.15) is 11.5 Å². The zero-order chi connectivity index (χ0) is 26.4. The summed E-state index contributed by atoms with van der Waals surface area (Å²) in [5.74, 6) is 1.47. The van der Waals surface area contributed by atoms with Crippen molar-refractivity contribution in [3.8, 4) is 11.5 Å². The van der Waals surface area contributed by atoms with Crippen LogP contribution in [0.15, 0.2) is 42.5 Å². The van der Waals surface area contributed by atoms with Crippen molar-refractivity contribution in [3.05, 3.63) is 70.0 Å². The first kappa shape index (κ1) is 29.8. The number of amides is 1. The van der Waals surface area contributed by atoms with Crippen molar-refractivity contribution < 1.29 is 19.0 Å². The third-order valence-electron chi connectivity index (χ3n) is 6.15. The topological polar surface area (TPSA) is 77.9 Å². The molecule has 0 radical (unpaired) electrons. The van der Waals surface area contributed by atoms with Crippen LogP contribution in [-0.4, -0.2) is 60.6 Å². The van der Waals surface area contributed by atoms with Gasteiger partial charge in [0.05, 0.1) is 39.2 Å². The van der Waals surface area contributed by atoms with Crippen LogP contribution in [0.25, 0.3) is 0 Å². The number of nitrogens with one attached hydrogen (secondary N) is 1. The minimum Gasteiger partial charge on any atom is -0.495 e. The maximum absolute atomic E-state index is 13.1. The van der Waals surface area contributed by atoms with Crippen molar-refractivity contribution in [1.29, 1.82) is 0 Å². The van der Waals surface area contributed by atoms with E-state index in [-0.39, 0.29) is 18.3 Å². The Bertz CT molecular complexity index is 1230. The van der Waals surface area contributed by atoms with Gasteiger partial charge in [0.25, 0.3) is 5.91 Å². The number of methoxy groups -OCH3 is 1. The predicted octanol–water partition coefficient (Wildman–Crippen LogP) is 5.44. The molecule has 8 nitrogen and oxygen atoms in total. The lowest BCUT2D eigenvalue weighted by Crippen LogP contribution is -2.35. The van der Waals surface area contributed by atoms with Gasteiger partial charge in [-0.2, -0.15) is 5.10 Å². The second-order valence-corrected chi connectivity index (χ2v) is 10.1. The monoisotopic (exact) mass is 562 g/mol. The molecule has 0 saturated carbocycles. The molecule has 206 valence electrons. The Morgan fingerprint density at radius 1 is 1.11 bits per heavy atom. The van der Waals surface area contributed by atoms with Gasteiger partial charge in [-0.15, -0.1) is 12.4 Å². The van der Waals surface area contributed by atoms with Gasteiger partial charge < -0.3 is 19.5 Å². The van der Waals surface area contributed by atoms with Gasteiger partial charge in [-0.1, -0.05) is 31.5 Å². The van der Waals surface area contributed by atoms with Gasteiger partial charge in [-0.3, -0.25) is 14.4 Å². The van der Waals surface area contributed by atoms with Crippen LogP contribution in [0, 0.1) is 12.8 Å². The number of carbonyl (C=O) groups is 1. The van der Waals surface area contributed by atoms with Crippen LogP contribution in [0.4, 0.5) is 5.69 Å². The fraction of sp³-hybridized carbons (Fsp3) is 0.429. The molecule has 1 aliphatic heterocycles. The SMILES string of the molecule is COc1cc(CN2CCOCC2)ccc1NC(=O)c1cc(C)n(Cc2cc(Cl)ccc2OCC(C)C)n1.Cl. The summed E-state index contributed by atoms with van der Waals surface area (Å²) in [7, 11) is 1.60. The van der Waals surface area contributed by atoms with E-state index in [1.165, 1.54) is 0 Å². The lowest BCUT2D eigenvalue weighted by atomic mass is 10.1. The molecule has 0 unspecified atom stereocenters. The minimum atomic E-state index is -0.302. The summed E-state index contributed by atoms with van der Waals surface area (Å²) in [5, 5.41) is 8.14. The third-order valence-corrected chi connectivity index (χ3v) is 6.39. The average Bonchev–Trinajstić information content (AvgIpc) is 3.25. The third kappa shape index (κ3) is 7.86. The van der Waals surface area contributed by atoms with Gasteiger partial charge in [0, 0.05) is 35.9 Å². The first-order valence-corrected chi connectivity index (χ1v) is 12.9. The van der Waals surface area contributed by atoms with E-state index in [4.69, 9.17) is 25.8 Å². The van der Waals surface area contributed by atoms with E-state index in [0.717, 1.165) is 55.4 Å². The first-order valence-electron chi connectivity index (χ1n) is 12.6. The minimum absolute atomic E-state index is 0. The molecule has 2 heterocycles. The quantitative estimate of drug-likeness (QED) is 0.354. The number of carbonyl (C=O) groups excluding carboxylic acids is 1. The molecule has 10 heteroatoms. The smallest absolute Gasteiger partial charge is 0.276 e. The Balaban J connectivity index is 0.00000400. The highest BCUT2D eigenvalue weighted by Gasteiger charge is 2.17. The number of rotatable bonds is 10. The summed E-state index contributed by atoms with van der Waals surface area (Å²) in [6, 6.07) is 13.2. The molecule has 2 aromatic carbocycles. The van der Waals surface area contributed by atoms with Crippen molar-refractivity contribution in [2.75, 3.05) is 45.3 Å². The molecule has 1 aliphatic rings. The summed E-state index contributed by atoms with van der Waals surface area (Å²) >= 11 is 6.26.